The molecule has 1 saturated heterocycles. The molecule has 0 aromatic carbocycles. The van der Waals surface area contributed by atoms with Crippen molar-refractivity contribution >= 4 is 29.2 Å². The van der Waals surface area contributed by atoms with Crippen molar-refractivity contribution in [3.8, 4) is 0 Å². The normalized spacial score (nSPS) is 16.0. The standard InChI is InChI=1S/C13H17ClN4O2/c14-10-1-2-11(16-8-10)17-13(20)9-3-5-18(6-4-9)12(19)7-15/h1-2,8-9H,3-7,15H2,(H,16,17,20). The molecule has 0 aliphatic carbocycles. The van der Waals surface area contributed by atoms with E-state index < -0.39 is 0 Å². The summed E-state index contributed by atoms with van der Waals surface area (Å²) < 4.78 is 0. The number of halogens is 1. The Morgan fingerprint density at radius 2 is 2.10 bits per heavy atom. The molecule has 0 atom stereocenters. The van der Waals surface area contributed by atoms with Crippen LogP contribution in [0.25, 0.3) is 0 Å². The van der Waals surface area contributed by atoms with Crippen molar-refractivity contribution in [1.29, 1.82) is 0 Å². The molecule has 1 aromatic rings. The second-order valence-electron chi connectivity index (χ2n) is 4.71. The smallest absolute Gasteiger partial charge is 0.236 e. The Kier molecular flexibility index (Phi) is 4.92. The summed E-state index contributed by atoms with van der Waals surface area (Å²) in [6.07, 6.45) is 2.77. The quantitative estimate of drug-likeness (QED) is 0.866. The molecular weight excluding hydrogens is 280 g/mol. The summed E-state index contributed by atoms with van der Waals surface area (Å²) in [6, 6.07) is 3.33. The van der Waals surface area contributed by atoms with Crippen molar-refractivity contribution in [1.82, 2.24) is 9.88 Å². The summed E-state index contributed by atoms with van der Waals surface area (Å²) in [5, 5.41) is 3.28. The van der Waals surface area contributed by atoms with E-state index in [0.717, 1.165) is 0 Å². The van der Waals surface area contributed by atoms with Gasteiger partial charge in [0.15, 0.2) is 0 Å². The zero-order valence-corrected chi connectivity index (χ0v) is 11.8. The molecule has 6 nitrogen and oxygen atoms in total. The van der Waals surface area contributed by atoms with Crippen molar-refractivity contribution in [3.05, 3.63) is 23.4 Å². The molecule has 0 saturated carbocycles. The molecular formula is C13H17ClN4O2. The van der Waals surface area contributed by atoms with E-state index in [4.69, 9.17) is 17.3 Å². The van der Waals surface area contributed by atoms with Gasteiger partial charge in [-0.15, -0.1) is 0 Å². The number of nitrogens with one attached hydrogen (secondary N) is 1. The van der Waals surface area contributed by atoms with Crippen LogP contribution < -0.4 is 11.1 Å². The van der Waals surface area contributed by atoms with Gasteiger partial charge in [-0.3, -0.25) is 9.59 Å². The third-order valence-corrected chi connectivity index (χ3v) is 3.60. The molecule has 0 unspecified atom stereocenters. The Labute approximate surface area is 122 Å². The van der Waals surface area contributed by atoms with Gasteiger partial charge in [0.05, 0.1) is 11.6 Å². The Morgan fingerprint density at radius 3 is 2.65 bits per heavy atom. The molecule has 1 aliphatic rings. The van der Waals surface area contributed by atoms with Crippen LogP contribution in [0.5, 0.6) is 0 Å². The molecule has 108 valence electrons. The van der Waals surface area contributed by atoms with Gasteiger partial charge >= 0.3 is 0 Å². The highest BCUT2D eigenvalue weighted by Crippen LogP contribution is 2.19. The van der Waals surface area contributed by atoms with Crippen LogP contribution >= 0.6 is 11.6 Å². The first-order valence-corrected chi connectivity index (χ1v) is 6.88. The Balaban J connectivity index is 1.85. The van der Waals surface area contributed by atoms with Gasteiger partial charge in [-0.25, -0.2) is 4.98 Å². The summed E-state index contributed by atoms with van der Waals surface area (Å²) in [6.45, 7) is 1.16. The number of piperidine rings is 1. The van der Waals surface area contributed by atoms with Gasteiger partial charge in [-0.1, -0.05) is 11.6 Å². The summed E-state index contributed by atoms with van der Waals surface area (Å²) in [5.41, 5.74) is 5.32. The number of likely N-dealkylation sites (tertiary alicyclic amines) is 1. The number of nitrogens with two attached hydrogens (primary N) is 1. The lowest BCUT2D eigenvalue weighted by atomic mass is 9.96. The van der Waals surface area contributed by atoms with Gasteiger partial charge in [0.25, 0.3) is 0 Å². The van der Waals surface area contributed by atoms with Crippen molar-refractivity contribution < 1.29 is 9.59 Å². The van der Waals surface area contributed by atoms with Crippen LogP contribution in [-0.2, 0) is 9.59 Å². The average molecular weight is 297 g/mol. The maximum Gasteiger partial charge on any atom is 0.236 e. The largest absolute Gasteiger partial charge is 0.342 e. The first kappa shape index (κ1) is 14.7. The van der Waals surface area contributed by atoms with E-state index in [9.17, 15) is 9.59 Å². The number of nitrogens with zero attached hydrogens (tertiary/aromatic N) is 2. The number of anilines is 1. The molecule has 2 heterocycles. The van der Waals surface area contributed by atoms with E-state index >= 15 is 0 Å². The molecule has 0 spiro atoms. The molecule has 1 fully saturated rings. The van der Waals surface area contributed by atoms with Crippen LogP contribution in [0.15, 0.2) is 18.3 Å². The van der Waals surface area contributed by atoms with Crippen LogP contribution in [0.1, 0.15) is 12.8 Å². The van der Waals surface area contributed by atoms with Gasteiger partial charge < -0.3 is 16.0 Å². The number of amides is 2. The van der Waals surface area contributed by atoms with Gasteiger partial charge in [-0.05, 0) is 25.0 Å². The van der Waals surface area contributed by atoms with E-state index in [1.165, 1.54) is 6.20 Å². The Morgan fingerprint density at radius 1 is 1.40 bits per heavy atom. The number of carbonyl (C=O) groups excluding carboxylic acids is 2. The number of hydrogen-bond donors (Lipinski definition) is 2. The van der Waals surface area contributed by atoms with Crippen LogP contribution in [0, 0.1) is 5.92 Å². The molecule has 2 rings (SSSR count). The number of hydrogen-bond acceptors (Lipinski definition) is 4. The van der Waals surface area contributed by atoms with Crippen molar-refractivity contribution in [2.24, 2.45) is 11.7 Å². The van der Waals surface area contributed by atoms with Crippen molar-refractivity contribution in [2.75, 3.05) is 25.0 Å². The molecule has 1 aliphatic heterocycles. The first-order valence-electron chi connectivity index (χ1n) is 6.50. The summed E-state index contributed by atoms with van der Waals surface area (Å²) in [4.78, 5) is 29.3. The first-order chi connectivity index (χ1) is 9.60. The molecule has 7 heteroatoms. The van der Waals surface area contributed by atoms with Crippen LogP contribution in [0.2, 0.25) is 5.02 Å². The molecule has 0 bridgehead atoms. The van der Waals surface area contributed by atoms with Crippen LogP contribution in [0.4, 0.5) is 5.82 Å². The number of aromatic nitrogens is 1. The highest BCUT2D eigenvalue weighted by molar-refractivity contribution is 6.30. The highest BCUT2D eigenvalue weighted by atomic mass is 35.5. The highest BCUT2D eigenvalue weighted by Gasteiger charge is 2.26. The van der Waals surface area contributed by atoms with E-state index in [1.54, 1.807) is 17.0 Å². The maximum absolute atomic E-state index is 12.1. The second kappa shape index (κ2) is 6.67. The SMILES string of the molecule is NCC(=O)N1CCC(C(=O)Nc2ccc(Cl)cn2)CC1. The summed E-state index contributed by atoms with van der Waals surface area (Å²) >= 11 is 5.73. The van der Waals surface area contributed by atoms with Crippen molar-refractivity contribution in [2.45, 2.75) is 12.8 Å². The number of carbonyl (C=O) groups is 2. The topological polar surface area (TPSA) is 88.3 Å². The Bertz CT molecular complexity index is 484. The molecule has 3 N–H and O–H groups in total. The fraction of sp³-hybridized carbons (Fsp3) is 0.462. The minimum atomic E-state index is -0.102. The van der Waals surface area contributed by atoms with Gasteiger partial charge in [0.1, 0.15) is 5.82 Å². The van der Waals surface area contributed by atoms with E-state index in [1.807, 2.05) is 0 Å². The minimum Gasteiger partial charge on any atom is -0.342 e. The lowest BCUT2D eigenvalue weighted by molar-refractivity contribution is -0.133. The zero-order chi connectivity index (χ0) is 14.5. The number of pyridine rings is 1. The fourth-order valence-corrected chi connectivity index (χ4v) is 2.31. The van der Waals surface area contributed by atoms with E-state index in [0.29, 0.717) is 36.8 Å². The van der Waals surface area contributed by atoms with Gasteiger partial charge in [0, 0.05) is 25.2 Å². The van der Waals surface area contributed by atoms with Gasteiger partial charge in [-0.2, -0.15) is 0 Å². The van der Waals surface area contributed by atoms with E-state index in [2.05, 4.69) is 10.3 Å². The Hall–Kier alpha value is -1.66. The number of rotatable bonds is 3. The van der Waals surface area contributed by atoms with Crippen molar-refractivity contribution in [3.63, 3.8) is 0 Å². The third-order valence-electron chi connectivity index (χ3n) is 3.37. The van der Waals surface area contributed by atoms with Crippen LogP contribution in [-0.4, -0.2) is 41.3 Å². The molecule has 0 radical (unpaired) electrons. The lowest BCUT2D eigenvalue weighted by Gasteiger charge is -2.31. The maximum atomic E-state index is 12.1. The molecule has 20 heavy (non-hydrogen) atoms. The lowest BCUT2D eigenvalue weighted by Crippen LogP contribution is -2.43. The van der Waals surface area contributed by atoms with Crippen LogP contribution in [0.3, 0.4) is 0 Å². The summed E-state index contributed by atoms with van der Waals surface area (Å²) in [5.74, 6) is 0.247. The minimum absolute atomic E-state index is 0.0194. The molecule has 1 aromatic heterocycles. The average Bonchev–Trinajstić information content (AvgIpc) is 2.49. The van der Waals surface area contributed by atoms with Gasteiger partial charge in [0.2, 0.25) is 11.8 Å². The molecule has 2 amide bonds. The summed E-state index contributed by atoms with van der Waals surface area (Å²) in [7, 11) is 0. The zero-order valence-electron chi connectivity index (χ0n) is 11.0. The third kappa shape index (κ3) is 3.68. The predicted octanol–water partition coefficient (Wildman–Crippen LogP) is 0.871. The predicted molar refractivity (Wildman–Crippen MR) is 76.2 cm³/mol. The second-order valence-corrected chi connectivity index (χ2v) is 5.15. The fourth-order valence-electron chi connectivity index (χ4n) is 2.20. The monoisotopic (exact) mass is 296 g/mol. The van der Waals surface area contributed by atoms with E-state index in [-0.39, 0.29) is 24.3 Å².